The van der Waals surface area contributed by atoms with Crippen LogP contribution in [0.25, 0.3) is 0 Å². The van der Waals surface area contributed by atoms with Gasteiger partial charge in [-0.3, -0.25) is 9.69 Å². The molecule has 7 heteroatoms. The van der Waals surface area contributed by atoms with E-state index in [1.807, 2.05) is 6.92 Å². The van der Waals surface area contributed by atoms with Gasteiger partial charge >= 0.3 is 0 Å². The summed E-state index contributed by atoms with van der Waals surface area (Å²) < 4.78 is 0. The average Bonchev–Trinajstić information content (AvgIpc) is 2.46. The molecule has 1 saturated heterocycles. The van der Waals surface area contributed by atoms with Gasteiger partial charge in [0.1, 0.15) is 5.69 Å². The SMILES string of the molecule is CC(C(N)=S)N1CCN(C(=O)c2ccc(Cl)cn2)CC1. The molecule has 5 nitrogen and oxygen atoms in total. The summed E-state index contributed by atoms with van der Waals surface area (Å²) in [5, 5.41) is 0.525. The molecular formula is C13H17ClN4OS. The van der Waals surface area contributed by atoms with Crippen molar-refractivity contribution in [1.82, 2.24) is 14.8 Å². The van der Waals surface area contributed by atoms with Crippen LogP contribution < -0.4 is 5.73 Å². The molecule has 0 spiro atoms. The van der Waals surface area contributed by atoms with Gasteiger partial charge in [-0.1, -0.05) is 23.8 Å². The Labute approximate surface area is 128 Å². The van der Waals surface area contributed by atoms with Gasteiger partial charge in [-0.25, -0.2) is 4.98 Å². The van der Waals surface area contributed by atoms with Crippen molar-refractivity contribution >= 4 is 34.7 Å². The molecule has 0 aliphatic carbocycles. The summed E-state index contributed by atoms with van der Waals surface area (Å²) in [4.78, 5) is 20.8. The maximum Gasteiger partial charge on any atom is 0.272 e. The summed E-state index contributed by atoms with van der Waals surface area (Å²) in [7, 11) is 0. The van der Waals surface area contributed by atoms with E-state index in [4.69, 9.17) is 29.6 Å². The number of thiocarbonyl (C=S) groups is 1. The van der Waals surface area contributed by atoms with Crippen molar-refractivity contribution in [3.63, 3.8) is 0 Å². The number of aromatic nitrogens is 1. The first-order valence-electron chi connectivity index (χ1n) is 6.43. The molecule has 1 aromatic heterocycles. The Morgan fingerprint density at radius 2 is 2.05 bits per heavy atom. The molecule has 2 rings (SSSR count). The van der Waals surface area contributed by atoms with Gasteiger partial charge < -0.3 is 10.6 Å². The predicted molar refractivity (Wildman–Crippen MR) is 83.0 cm³/mol. The fraction of sp³-hybridized carbons (Fsp3) is 0.462. The van der Waals surface area contributed by atoms with Gasteiger partial charge in [0.25, 0.3) is 5.91 Å². The third-order valence-corrected chi connectivity index (χ3v) is 4.07. The van der Waals surface area contributed by atoms with E-state index in [2.05, 4.69) is 9.88 Å². The van der Waals surface area contributed by atoms with Crippen LogP contribution in [0, 0.1) is 0 Å². The average molecular weight is 313 g/mol. The van der Waals surface area contributed by atoms with Crippen LogP contribution in [0.3, 0.4) is 0 Å². The number of rotatable bonds is 3. The monoisotopic (exact) mass is 312 g/mol. The number of nitrogens with zero attached hydrogens (tertiary/aromatic N) is 3. The van der Waals surface area contributed by atoms with E-state index in [1.54, 1.807) is 17.0 Å². The van der Waals surface area contributed by atoms with Gasteiger partial charge in [-0.15, -0.1) is 0 Å². The van der Waals surface area contributed by atoms with Crippen LogP contribution in [0.4, 0.5) is 0 Å². The summed E-state index contributed by atoms with van der Waals surface area (Å²) in [5.74, 6) is -0.0655. The predicted octanol–water partition coefficient (Wildman–Crippen LogP) is 1.17. The number of hydrogen-bond acceptors (Lipinski definition) is 4. The van der Waals surface area contributed by atoms with Crippen molar-refractivity contribution in [3.8, 4) is 0 Å². The second-order valence-corrected chi connectivity index (χ2v) is 5.68. The van der Waals surface area contributed by atoms with E-state index in [1.165, 1.54) is 6.20 Å². The van der Waals surface area contributed by atoms with Crippen molar-refractivity contribution in [2.24, 2.45) is 5.73 Å². The number of carbonyl (C=O) groups excluding carboxylic acids is 1. The molecule has 1 aliphatic heterocycles. The largest absolute Gasteiger partial charge is 0.392 e. The standard InChI is InChI=1S/C13H17ClN4OS/c1-9(12(15)20)17-4-6-18(7-5-17)13(19)11-3-2-10(14)8-16-11/h2-3,8-9H,4-7H2,1H3,(H2,15,20). The van der Waals surface area contributed by atoms with E-state index in [-0.39, 0.29) is 11.9 Å². The molecule has 1 fully saturated rings. The molecule has 0 bridgehead atoms. The third kappa shape index (κ3) is 3.45. The van der Waals surface area contributed by atoms with Crippen LogP contribution in [-0.4, -0.2) is 57.9 Å². The van der Waals surface area contributed by atoms with E-state index >= 15 is 0 Å². The quantitative estimate of drug-likeness (QED) is 0.849. The van der Waals surface area contributed by atoms with E-state index in [9.17, 15) is 4.79 Å². The molecule has 1 amide bonds. The lowest BCUT2D eigenvalue weighted by molar-refractivity contribution is 0.0616. The molecule has 1 aliphatic rings. The fourth-order valence-corrected chi connectivity index (χ4v) is 2.42. The molecule has 1 unspecified atom stereocenters. The van der Waals surface area contributed by atoms with Gasteiger partial charge in [-0.2, -0.15) is 0 Å². The molecule has 0 radical (unpaired) electrons. The smallest absolute Gasteiger partial charge is 0.272 e. The Kier molecular flexibility index (Phi) is 4.91. The maximum atomic E-state index is 12.3. The molecule has 2 N–H and O–H groups in total. The molecule has 1 atom stereocenters. The molecular weight excluding hydrogens is 296 g/mol. The molecule has 20 heavy (non-hydrogen) atoms. The van der Waals surface area contributed by atoms with E-state index < -0.39 is 0 Å². The zero-order valence-electron chi connectivity index (χ0n) is 11.3. The Hall–Kier alpha value is -1.24. The maximum absolute atomic E-state index is 12.3. The summed E-state index contributed by atoms with van der Waals surface area (Å²) in [6.45, 7) is 4.81. The van der Waals surface area contributed by atoms with Crippen LogP contribution in [0.5, 0.6) is 0 Å². The number of carbonyl (C=O) groups is 1. The summed E-state index contributed by atoms with van der Waals surface area (Å²) in [6, 6.07) is 3.39. The van der Waals surface area contributed by atoms with Crippen LogP contribution in [-0.2, 0) is 0 Å². The number of amides is 1. The number of halogens is 1. The molecule has 108 valence electrons. The minimum atomic E-state index is -0.0655. The Morgan fingerprint density at radius 1 is 1.40 bits per heavy atom. The summed E-state index contributed by atoms with van der Waals surface area (Å²) in [5.41, 5.74) is 6.07. The highest BCUT2D eigenvalue weighted by atomic mass is 35.5. The van der Waals surface area contributed by atoms with Crippen molar-refractivity contribution in [3.05, 3.63) is 29.0 Å². The van der Waals surface area contributed by atoms with Crippen LogP contribution in [0.1, 0.15) is 17.4 Å². The lowest BCUT2D eigenvalue weighted by Crippen LogP contribution is -2.54. The lowest BCUT2D eigenvalue weighted by Gasteiger charge is -2.37. The second kappa shape index (κ2) is 6.47. The summed E-state index contributed by atoms with van der Waals surface area (Å²) in [6.07, 6.45) is 1.49. The van der Waals surface area contributed by atoms with Gasteiger partial charge in [-0.05, 0) is 19.1 Å². The van der Waals surface area contributed by atoms with Crippen LogP contribution in [0.2, 0.25) is 5.02 Å². The lowest BCUT2D eigenvalue weighted by atomic mass is 10.2. The second-order valence-electron chi connectivity index (χ2n) is 4.77. The first-order valence-corrected chi connectivity index (χ1v) is 7.22. The van der Waals surface area contributed by atoms with Crippen LogP contribution >= 0.6 is 23.8 Å². The Morgan fingerprint density at radius 3 is 2.55 bits per heavy atom. The first-order chi connectivity index (χ1) is 9.49. The molecule has 0 saturated carbocycles. The number of nitrogens with two attached hydrogens (primary N) is 1. The first kappa shape index (κ1) is 15.2. The highest BCUT2D eigenvalue weighted by Crippen LogP contribution is 2.12. The zero-order valence-corrected chi connectivity index (χ0v) is 12.8. The van der Waals surface area contributed by atoms with Crippen molar-refractivity contribution in [2.75, 3.05) is 26.2 Å². The minimum absolute atomic E-state index is 0.0655. The van der Waals surface area contributed by atoms with Crippen molar-refractivity contribution in [1.29, 1.82) is 0 Å². The zero-order chi connectivity index (χ0) is 14.7. The highest BCUT2D eigenvalue weighted by molar-refractivity contribution is 7.80. The number of pyridine rings is 1. The van der Waals surface area contributed by atoms with E-state index in [0.29, 0.717) is 28.8 Å². The van der Waals surface area contributed by atoms with E-state index in [0.717, 1.165) is 13.1 Å². The van der Waals surface area contributed by atoms with Gasteiger partial charge in [0.15, 0.2) is 0 Å². The van der Waals surface area contributed by atoms with Crippen molar-refractivity contribution in [2.45, 2.75) is 13.0 Å². The Balaban J connectivity index is 1.95. The van der Waals surface area contributed by atoms with Crippen LogP contribution in [0.15, 0.2) is 18.3 Å². The normalized spacial score (nSPS) is 17.8. The highest BCUT2D eigenvalue weighted by Gasteiger charge is 2.26. The van der Waals surface area contributed by atoms with Gasteiger partial charge in [0.2, 0.25) is 0 Å². The Bertz CT molecular complexity index is 500. The minimum Gasteiger partial charge on any atom is -0.392 e. The summed E-state index contributed by atoms with van der Waals surface area (Å²) >= 11 is 10.8. The fourth-order valence-electron chi connectivity index (χ4n) is 2.16. The molecule has 0 aromatic carbocycles. The molecule has 2 heterocycles. The molecule has 1 aromatic rings. The number of hydrogen-bond donors (Lipinski definition) is 1. The topological polar surface area (TPSA) is 62.5 Å². The number of piperazine rings is 1. The van der Waals surface area contributed by atoms with Gasteiger partial charge in [0.05, 0.1) is 16.1 Å². The van der Waals surface area contributed by atoms with Crippen molar-refractivity contribution < 1.29 is 4.79 Å². The van der Waals surface area contributed by atoms with Gasteiger partial charge in [0, 0.05) is 32.4 Å². The third-order valence-electron chi connectivity index (χ3n) is 3.51.